The molecule has 0 aliphatic carbocycles. The molecule has 0 bridgehead atoms. The predicted molar refractivity (Wildman–Crippen MR) is 121 cm³/mol. The summed E-state index contributed by atoms with van der Waals surface area (Å²) in [6.45, 7) is 2.94. The van der Waals surface area contributed by atoms with Gasteiger partial charge in [-0.2, -0.15) is 0 Å². The Morgan fingerprint density at radius 3 is 2.00 bits per heavy atom. The van der Waals surface area contributed by atoms with Crippen LogP contribution in [0.3, 0.4) is 0 Å². The van der Waals surface area contributed by atoms with E-state index in [1.54, 1.807) is 67.6 Å². The second kappa shape index (κ2) is 9.76. The molecule has 3 rings (SSSR count). The summed E-state index contributed by atoms with van der Waals surface area (Å²) < 4.78 is 9.99. The molecule has 0 radical (unpaired) electrons. The molecule has 3 aromatic rings. The highest BCUT2D eigenvalue weighted by atomic mass is 32.1. The molecule has 0 saturated carbocycles. The fraction of sp³-hybridized carbons (Fsp3) is 0.208. The second-order valence-electron chi connectivity index (χ2n) is 7.05. The lowest BCUT2D eigenvalue weighted by Crippen LogP contribution is -2.39. The molecule has 0 aliphatic rings. The van der Waals surface area contributed by atoms with E-state index < -0.39 is 30.1 Å². The van der Waals surface area contributed by atoms with Crippen molar-refractivity contribution in [3.63, 3.8) is 0 Å². The number of methoxy groups -OCH3 is 1. The lowest BCUT2D eigenvalue weighted by atomic mass is 9.86. The summed E-state index contributed by atoms with van der Waals surface area (Å²) in [4.78, 5) is 38.4. The normalized spacial score (nSPS) is 11.0. The molecule has 2 aromatic carbocycles. The van der Waals surface area contributed by atoms with Gasteiger partial charge < -0.3 is 19.9 Å². The van der Waals surface area contributed by atoms with Crippen LogP contribution >= 0.6 is 11.3 Å². The van der Waals surface area contributed by atoms with E-state index in [1.165, 1.54) is 18.4 Å². The Morgan fingerprint density at radius 2 is 1.50 bits per heavy atom. The molecule has 1 aromatic heterocycles. The van der Waals surface area contributed by atoms with Gasteiger partial charge in [0.1, 0.15) is 5.00 Å². The van der Waals surface area contributed by atoms with Crippen molar-refractivity contribution in [1.29, 1.82) is 0 Å². The minimum atomic E-state index is -2.09. The number of carbonyl (C=O) groups is 3. The Morgan fingerprint density at radius 1 is 0.969 bits per heavy atom. The van der Waals surface area contributed by atoms with Crippen LogP contribution in [0.1, 0.15) is 31.9 Å². The summed E-state index contributed by atoms with van der Waals surface area (Å²) in [6, 6.07) is 16.7. The van der Waals surface area contributed by atoms with Crippen LogP contribution in [0.2, 0.25) is 0 Å². The Kier molecular flexibility index (Phi) is 7.07. The quantitative estimate of drug-likeness (QED) is 0.531. The SMILES string of the molecule is COC(=O)c1c(NC(=O)COC(=O)C(O)(c2ccccc2)c2ccccc2)sc(C)c1C. The molecule has 166 valence electrons. The zero-order valence-electron chi connectivity index (χ0n) is 17.9. The first-order chi connectivity index (χ1) is 15.3. The Labute approximate surface area is 189 Å². The molecule has 0 fully saturated rings. The number of ether oxygens (including phenoxy) is 2. The van der Waals surface area contributed by atoms with Gasteiger partial charge in [-0.25, -0.2) is 9.59 Å². The number of aliphatic hydroxyl groups is 1. The maximum atomic E-state index is 13.0. The summed E-state index contributed by atoms with van der Waals surface area (Å²) in [5, 5.41) is 14.3. The third-order valence-electron chi connectivity index (χ3n) is 5.04. The van der Waals surface area contributed by atoms with E-state index >= 15 is 0 Å². The van der Waals surface area contributed by atoms with Crippen molar-refractivity contribution in [2.45, 2.75) is 19.4 Å². The van der Waals surface area contributed by atoms with Crippen molar-refractivity contribution in [1.82, 2.24) is 0 Å². The van der Waals surface area contributed by atoms with Gasteiger partial charge in [-0.3, -0.25) is 4.79 Å². The molecule has 7 nitrogen and oxygen atoms in total. The molecule has 0 spiro atoms. The van der Waals surface area contributed by atoms with Crippen LogP contribution in [0.15, 0.2) is 60.7 Å². The van der Waals surface area contributed by atoms with Crippen LogP contribution in [-0.4, -0.2) is 36.7 Å². The Hall–Kier alpha value is -3.49. The van der Waals surface area contributed by atoms with Crippen LogP contribution in [0, 0.1) is 13.8 Å². The Balaban J connectivity index is 1.79. The fourth-order valence-corrected chi connectivity index (χ4v) is 4.29. The van der Waals surface area contributed by atoms with Gasteiger partial charge in [-0.05, 0) is 30.5 Å². The molecule has 0 aliphatic heterocycles. The Bertz CT molecular complexity index is 1080. The van der Waals surface area contributed by atoms with Crippen molar-refractivity contribution in [3.05, 3.63) is 87.8 Å². The van der Waals surface area contributed by atoms with Gasteiger partial charge >= 0.3 is 11.9 Å². The third-order valence-corrected chi connectivity index (χ3v) is 6.16. The van der Waals surface area contributed by atoms with Crippen LogP contribution in [-0.2, 0) is 24.7 Å². The van der Waals surface area contributed by atoms with Crippen molar-refractivity contribution in [2.75, 3.05) is 19.0 Å². The monoisotopic (exact) mass is 453 g/mol. The number of carbonyl (C=O) groups excluding carboxylic acids is 3. The van der Waals surface area contributed by atoms with Gasteiger partial charge in [0.15, 0.2) is 6.61 Å². The van der Waals surface area contributed by atoms with Crippen molar-refractivity contribution < 1.29 is 29.0 Å². The maximum absolute atomic E-state index is 13.0. The van der Waals surface area contributed by atoms with Crippen molar-refractivity contribution >= 4 is 34.2 Å². The topological polar surface area (TPSA) is 102 Å². The van der Waals surface area contributed by atoms with E-state index in [1.807, 2.05) is 6.92 Å². The zero-order valence-corrected chi connectivity index (χ0v) is 18.7. The number of benzene rings is 2. The molecular weight excluding hydrogens is 430 g/mol. The van der Waals surface area contributed by atoms with Crippen LogP contribution < -0.4 is 5.32 Å². The van der Waals surface area contributed by atoms with Crippen LogP contribution in [0.5, 0.6) is 0 Å². The zero-order chi connectivity index (χ0) is 23.3. The molecule has 8 heteroatoms. The molecule has 0 unspecified atom stereocenters. The smallest absolute Gasteiger partial charge is 0.348 e. The number of thiophene rings is 1. The first-order valence-corrected chi connectivity index (χ1v) is 10.6. The average molecular weight is 454 g/mol. The van der Waals surface area contributed by atoms with Gasteiger partial charge in [0, 0.05) is 4.88 Å². The molecule has 2 N–H and O–H groups in total. The third kappa shape index (κ3) is 4.56. The van der Waals surface area contributed by atoms with E-state index in [9.17, 15) is 19.5 Å². The summed E-state index contributed by atoms with van der Waals surface area (Å²) in [7, 11) is 1.26. The van der Waals surface area contributed by atoms with E-state index in [2.05, 4.69) is 5.32 Å². The average Bonchev–Trinajstić information content (AvgIpc) is 3.10. The summed E-state index contributed by atoms with van der Waals surface area (Å²) in [6.07, 6.45) is 0. The van der Waals surface area contributed by atoms with Gasteiger partial charge in [-0.1, -0.05) is 60.7 Å². The van der Waals surface area contributed by atoms with Crippen LogP contribution in [0.4, 0.5) is 5.00 Å². The molecule has 1 amide bonds. The van der Waals surface area contributed by atoms with Gasteiger partial charge in [-0.15, -0.1) is 11.3 Å². The maximum Gasteiger partial charge on any atom is 0.348 e. The number of rotatable bonds is 7. The number of hydrogen-bond acceptors (Lipinski definition) is 7. The lowest BCUT2D eigenvalue weighted by molar-refractivity contribution is -0.163. The summed E-state index contributed by atoms with van der Waals surface area (Å²) >= 11 is 1.22. The van der Waals surface area contributed by atoms with E-state index in [0.717, 1.165) is 4.88 Å². The summed E-state index contributed by atoms with van der Waals surface area (Å²) in [5.41, 5.74) is -0.490. The van der Waals surface area contributed by atoms with Crippen molar-refractivity contribution in [3.8, 4) is 0 Å². The highest BCUT2D eigenvalue weighted by Crippen LogP contribution is 2.33. The number of anilines is 1. The lowest BCUT2D eigenvalue weighted by Gasteiger charge is -2.26. The van der Waals surface area contributed by atoms with Crippen LogP contribution in [0.25, 0.3) is 0 Å². The number of esters is 2. The first-order valence-electron chi connectivity index (χ1n) is 9.77. The molecular formula is C24H23NO6S. The molecule has 32 heavy (non-hydrogen) atoms. The predicted octanol–water partition coefficient (Wildman–Crippen LogP) is 3.57. The van der Waals surface area contributed by atoms with Gasteiger partial charge in [0.2, 0.25) is 5.60 Å². The summed E-state index contributed by atoms with van der Waals surface area (Å²) in [5.74, 6) is -2.20. The minimum absolute atomic E-state index is 0.264. The number of nitrogens with one attached hydrogen (secondary N) is 1. The van der Waals surface area contributed by atoms with Crippen molar-refractivity contribution in [2.24, 2.45) is 0 Å². The highest BCUT2D eigenvalue weighted by molar-refractivity contribution is 7.16. The standard InChI is InChI=1S/C24H23NO6S/c1-15-16(2)32-21(20(15)22(27)30-3)25-19(26)14-31-23(28)24(29,17-10-6-4-7-11-17)18-12-8-5-9-13-18/h4-13,29H,14H2,1-3H3,(H,25,26). The minimum Gasteiger partial charge on any atom is -0.465 e. The first kappa shape index (κ1) is 23.2. The van der Waals surface area contributed by atoms with Gasteiger partial charge in [0.25, 0.3) is 5.91 Å². The largest absolute Gasteiger partial charge is 0.465 e. The second-order valence-corrected chi connectivity index (χ2v) is 8.27. The van der Waals surface area contributed by atoms with E-state index in [4.69, 9.17) is 9.47 Å². The van der Waals surface area contributed by atoms with E-state index in [-0.39, 0.29) is 5.56 Å². The number of amides is 1. The highest BCUT2D eigenvalue weighted by Gasteiger charge is 2.41. The molecule has 0 saturated heterocycles. The molecule has 0 atom stereocenters. The number of hydrogen-bond donors (Lipinski definition) is 2. The van der Waals surface area contributed by atoms with Gasteiger partial charge in [0.05, 0.1) is 12.7 Å². The number of aryl methyl sites for hydroxylation is 1. The molecule has 1 heterocycles. The fourth-order valence-electron chi connectivity index (χ4n) is 3.22. The van der Waals surface area contributed by atoms with E-state index in [0.29, 0.717) is 21.7 Å².